The molecular weight excluding hydrogens is 368 g/mol. The topological polar surface area (TPSA) is 59.8 Å². The van der Waals surface area contributed by atoms with Gasteiger partial charge in [-0.15, -0.1) is 10.2 Å². The van der Waals surface area contributed by atoms with Crippen molar-refractivity contribution in [1.29, 1.82) is 0 Å². The number of nitrogens with zero attached hydrogens (tertiary/aromatic N) is 3. The van der Waals surface area contributed by atoms with Crippen LogP contribution in [0.3, 0.4) is 0 Å². The number of aromatic nitrogens is 3. The zero-order valence-corrected chi connectivity index (χ0v) is 16.9. The standard InChI is InChI=1S/C22H24N4OS/c1-15(17-8-10-19(11-9-17)18-6-4-3-5-7-18)23-21(27)14-28-22-25-24-16(2)26(22)20-12-13-20/h3-11,15,20H,12-14H2,1-2H3,(H,23,27)/t15-/m1/s1. The molecule has 0 bridgehead atoms. The first-order valence-electron chi connectivity index (χ1n) is 9.61. The lowest BCUT2D eigenvalue weighted by molar-refractivity contribution is -0.119. The molecule has 2 aromatic carbocycles. The summed E-state index contributed by atoms with van der Waals surface area (Å²) in [4.78, 5) is 12.4. The Balaban J connectivity index is 1.33. The normalized spacial score (nSPS) is 14.6. The molecule has 1 saturated carbocycles. The van der Waals surface area contributed by atoms with Crippen LogP contribution in [0.25, 0.3) is 11.1 Å². The lowest BCUT2D eigenvalue weighted by Gasteiger charge is -2.15. The summed E-state index contributed by atoms with van der Waals surface area (Å²) >= 11 is 1.46. The number of benzene rings is 2. The van der Waals surface area contributed by atoms with Gasteiger partial charge in [-0.05, 0) is 43.4 Å². The monoisotopic (exact) mass is 392 g/mol. The molecule has 5 nitrogen and oxygen atoms in total. The van der Waals surface area contributed by atoms with Gasteiger partial charge < -0.3 is 9.88 Å². The van der Waals surface area contributed by atoms with E-state index in [2.05, 4.69) is 56.5 Å². The van der Waals surface area contributed by atoms with Crippen molar-refractivity contribution < 1.29 is 4.79 Å². The minimum absolute atomic E-state index is 0.00707. The smallest absolute Gasteiger partial charge is 0.230 e. The van der Waals surface area contributed by atoms with Crippen LogP contribution in [0.1, 0.15) is 43.2 Å². The van der Waals surface area contributed by atoms with Gasteiger partial charge in [-0.25, -0.2) is 0 Å². The van der Waals surface area contributed by atoms with E-state index < -0.39 is 0 Å². The van der Waals surface area contributed by atoms with Crippen molar-refractivity contribution in [3.63, 3.8) is 0 Å². The number of hydrogen-bond donors (Lipinski definition) is 1. The first kappa shape index (κ1) is 18.7. The molecule has 0 radical (unpaired) electrons. The number of carbonyl (C=O) groups is 1. The molecule has 1 aromatic heterocycles. The van der Waals surface area contributed by atoms with Crippen molar-refractivity contribution in [3.8, 4) is 11.1 Å². The van der Waals surface area contributed by atoms with Gasteiger partial charge in [0.2, 0.25) is 5.91 Å². The van der Waals surface area contributed by atoms with E-state index in [-0.39, 0.29) is 11.9 Å². The Labute approximate surface area is 169 Å². The first-order chi connectivity index (χ1) is 13.6. The maximum Gasteiger partial charge on any atom is 0.230 e. The van der Waals surface area contributed by atoms with Crippen LogP contribution in [0, 0.1) is 6.92 Å². The summed E-state index contributed by atoms with van der Waals surface area (Å²) < 4.78 is 2.16. The SMILES string of the molecule is Cc1nnc(SCC(=O)N[C@H](C)c2ccc(-c3ccccc3)cc2)n1C1CC1. The molecule has 0 unspecified atom stereocenters. The Morgan fingerprint density at radius 1 is 1.11 bits per heavy atom. The highest BCUT2D eigenvalue weighted by Crippen LogP contribution is 2.38. The number of amides is 1. The van der Waals surface area contributed by atoms with Gasteiger partial charge >= 0.3 is 0 Å². The Bertz CT molecular complexity index is 948. The predicted octanol–water partition coefficient (Wildman–Crippen LogP) is 4.56. The van der Waals surface area contributed by atoms with E-state index in [1.807, 2.05) is 32.0 Å². The summed E-state index contributed by atoms with van der Waals surface area (Å²) in [5.41, 5.74) is 3.46. The van der Waals surface area contributed by atoms with Crippen LogP contribution in [0.5, 0.6) is 0 Å². The molecule has 1 N–H and O–H groups in total. The van der Waals surface area contributed by atoms with Gasteiger partial charge in [0, 0.05) is 6.04 Å². The van der Waals surface area contributed by atoms with Gasteiger partial charge in [-0.2, -0.15) is 0 Å². The van der Waals surface area contributed by atoms with Crippen LogP contribution < -0.4 is 5.32 Å². The maximum atomic E-state index is 12.4. The third-order valence-corrected chi connectivity index (χ3v) is 5.92. The van der Waals surface area contributed by atoms with E-state index in [4.69, 9.17) is 0 Å². The molecule has 1 aliphatic rings. The molecular formula is C22H24N4OS. The van der Waals surface area contributed by atoms with Crippen LogP contribution in [-0.2, 0) is 4.79 Å². The molecule has 6 heteroatoms. The Hall–Kier alpha value is -2.60. The molecule has 1 atom stereocenters. The van der Waals surface area contributed by atoms with Crippen LogP contribution in [-0.4, -0.2) is 26.4 Å². The highest BCUT2D eigenvalue weighted by atomic mass is 32.2. The predicted molar refractivity (Wildman–Crippen MR) is 112 cm³/mol. The van der Waals surface area contributed by atoms with Crippen molar-refractivity contribution in [3.05, 3.63) is 66.0 Å². The lowest BCUT2D eigenvalue weighted by atomic mass is 10.0. The Kier molecular flexibility index (Phi) is 5.48. The fourth-order valence-electron chi connectivity index (χ4n) is 3.29. The van der Waals surface area contributed by atoms with Crippen LogP contribution in [0.4, 0.5) is 0 Å². The highest BCUT2D eigenvalue weighted by molar-refractivity contribution is 7.99. The average Bonchev–Trinajstić information content (AvgIpc) is 3.49. The molecule has 144 valence electrons. The summed E-state index contributed by atoms with van der Waals surface area (Å²) in [6.07, 6.45) is 2.35. The summed E-state index contributed by atoms with van der Waals surface area (Å²) in [6, 6.07) is 19.1. The van der Waals surface area contributed by atoms with Crippen molar-refractivity contribution >= 4 is 17.7 Å². The van der Waals surface area contributed by atoms with Gasteiger partial charge in [-0.1, -0.05) is 66.4 Å². The zero-order valence-electron chi connectivity index (χ0n) is 16.1. The summed E-state index contributed by atoms with van der Waals surface area (Å²) in [6.45, 7) is 3.98. The van der Waals surface area contributed by atoms with Gasteiger partial charge in [-0.3, -0.25) is 4.79 Å². The number of rotatable bonds is 7. The number of thioether (sulfide) groups is 1. The fourth-order valence-corrected chi connectivity index (χ4v) is 4.16. The third-order valence-electron chi connectivity index (χ3n) is 4.97. The van der Waals surface area contributed by atoms with Gasteiger partial charge in [0.25, 0.3) is 0 Å². The van der Waals surface area contributed by atoms with Crippen molar-refractivity contribution in [2.75, 3.05) is 5.75 Å². The molecule has 0 aliphatic heterocycles. The Morgan fingerprint density at radius 3 is 2.46 bits per heavy atom. The quantitative estimate of drug-likeness (QED) is 0.599. The molecule has 0 spiro atoms. The van der Waals surface area contributed by atoms with Gasteiger partial charge in [0.05, 0.1) is 11.8 Å². The maximum absolute atomic E-state index is 12.4. The molecule has 0 saturated heterocycles. The van der Waals surface area contributed by atoms with E-state index in [1.54, 1.807) is 0 Å². The number of carbonyl (C=O) groups excluding carboxylic acids is 1. The summed E-state index contributed by atoms with van der Waals surface area (Å²) in [5.74, 6) is 1.28. The fraction of sp³-hybridized carbons (Fsp3) is 0.318. The summed E-state index contributed by atoms with van der Waals surface area (Å²) in [7, 11) is 0. The molecule has 1 amide bonds. The first-order valence-corrected chi connectivity index (χ1v) is 10.6. The minimum atomic E-state index is -0.0408. The second-order valence-corrected chi connectivity index (χ2v) is 8.14. The van der Waals surface area contributed by atoms with E-state index in [9.17, 15) is 4.79 Å². The molecule has 4 rings (SSSR count). The van der Waals surface area contributed by atoms with E-state index in [1.165, 1.54) is 35.7 Å². The molecule has 1 fully saturated rings. The van der Waals surface area contributed by atoms with Crippen molar-refractivity contribution in [2.24, 2.45) is 0 Å². The molecule has 3 aromatic rings. The number of nitrogens with one attached hydrogen (secondary N) is 1. The number of aryl methyl sites for hydroxylation is 1. The third kappa shape index (κ3) is 4.28. The van der Waals surface area contributed by atoms with Crippen LogP contribution in [0.15, 0.2) is 59.8 Å². The molecule has 28 heavy (non-hydrogen) atoms. The van der Waals surface area contributed by atoms with E-state index in [0.717, 1.165) is 16.5 Å². The van der Waals surface area contributed by atoms with Crippen LogP contribution >= 0.6 is 11.8 Å². The lowest BCUT2D eigenvalue weighted by Crippen LogP contribution is -2.28. The Morgan fingerprint density at radius 2 is 1.79 bits per heavy atom. The summed E-state index contributed by atoms with van der Waals surface area (Å²) in [5, 5.41) is 12.3. The van der Waals surface area contributed by atoms with Crippen LogP contribution in [0.2, 0.25) is 0 Å². The highest BCUT2D eigenvalue weighted by Gasteiger charge is 2.28. The second kappa shape index (κ2) is 8.19. The molecule has 1 heterocycles. The number of hydrogen-bond acceptors (Lipinski definition) is 4. The van der Waals surface area contributed by atoms with Crippen molar-refractivity contribution in [2.45, 2.75) is 43.9 Å². The van der Waals surface area contributed by atoms with E-state index >= 15 is 0 Å². The zero-order chi connectivity index (χ0) is 19.5. The molecule has 1 aliphatic carbocycles. The van der Waals surface area contributed by atoms with Gasteiger partial charge in [0.15, 0.2) is 5.16 Å². The van der Waals surface area contributed by atoms with Crippen molar-refractivity contribution in [1.82, 2.24) is 20.1 Å². The van der Waals surface area contributed by atoms with E-state index in [0.29, 0.717) is 11.8 Å². The van der Waals surface area contributed by atoms with Gasteiger partial charge in [0.1, 0.15) is 5.82 Å². The minimum Gasteiger partial charge on any atom is -0.349 e. The average molecular weight is 393 g/mol. The largest absolute Gasteiger partial charge is 0.349 e. The second-order valence-electron chi connectivity index (χ2n) is 7.20.